The molecule has 1 amide bonds. The monoisotopic (exact) mass is 458 g/mol. The van der Waals surface area contributed by atoms with Crippen LogP contribution in [0.3, 0.4) is 0 Å². The van der Waals surface area contributed by atoms with E-state index >= 15 is 0 Å². The first-order valence-corrected chi connectivity index (χ1v) is 10.9. The smallest absolute Gasteiger partial charge is 0.402 e. The molecule has 0 saturated carbocycles. The van der Waals surface area contributed by atoms with Gasteiger partial charge in [-0.3, -0.25) is 4.79 Å². The molecule has 0 bridgehead atoms. The lowest BCUT2D eigenvalue weighted by Gasteiger charge is -2.12. The number of benzene rings is 2. The molecule has 2 N–H and O–H groups in total. The zero-order valence-electron chi connectivity index (χ0n) is 16.3. The van der Waals surface area contributed by atoms with E-state index in [0.29, 0.717) is 23.6 Å². The van der Waals surface area contributed by atoms with Crippen molar-refractivity contribution < 1.29 is 35.9 Å². The summed E-state index contributed by atoms with van der Waals surface area (Å²) in [5, 5.41) is 2.59. The number of ether oxygens (including phenoxy) is 2. The molecule has 1 unspecified atom stereocenters. The van der Waals surface area contributed by atoms with Crippen molar-refractivity contribution in [1.29, 1.82) is 0 Å². The third-order valence-electron chi connectivity index (χ3n) is 4.46. The Labute approximate surface area is 177 Å². The average Bonchev–Trinajstić information content (AvgIpc) is 3.25. The van der Waals surface area contributed by atoms with Crippen molar-refractivity contribution in [3.8, 4) is 5.75 Å². The van der Waals surface area contributed by atoms with Gasteiger partial charge in [0.1, 0.15) is 18.9 Å². The maximum absolute atomic E-state index is 12.4. The number of hydrogen-bond donors (Lipinski definition) is 2. The molecule has 1 saturated heterocycles. The van der Waals surface area contributed by atoms with Crippen molar-refractivity contribution in [2.75, 3.05) is 25.1 Å². The Morgan fingerprint density at radius 3 is 2.35 bits per heavy atom. The van der Waals surface area contributed by atoms with Crippen molar-refractivity contribution in [2.45, 2.75) is 30.0 Å². The molecule has 0 aromatic heterocycles. The van der Waals surface area contributed by atoms with Crippen LogP contribution in [0.15, 0.2) is 53.4 Å². The Balaban J connectivity index is 1.55. The number of nitrogens with one attached hydrogen (secondary N) is 2. The minimum Gasteiger partial charge on any atom is -0.491 e. The standard InChI is InChI=1S/C20H21F3N2O5S/c21-20(22,23)13-24-31(27,28)18-9-5-15(6-10-18)25-19(26)14-3-7-16(8-4-14)30-12-17-2-1-11-29-17/h3-10,17,24H,1-2,11-13H2,(H,25,26). The van der Waals surface area contributed by atoms with Crippen LogP contribution < -0.4 is 14.8 Å². The lowest BCUT2D eigenvalue weighted by molar-refractivity contribution is -0.121. The Morgan fingerprint density at radius 2 is 1.77 bits per heavy atom. The zero-order valence-corrected chi connectivity index (χ0v) is 17.1. The first kappa shape index (κ1) is 23.0. The summed E-state index contributed by atoms with van der Waals surface area (Å²) < 4.78 is 73.0. The molecule has 11 heteroatoms. The van der Waals surface area contributed by atoms with Gasteiger partial charge < -0.3 is 14.8 Å². The van der Waals surface area contributed by atoms with Crippen molar-refractivity contribution in [3.05, 3.63) is 54.1 Å². The highest BCUT2D eigenvalue weighted by Crippen LogP contribution is 2.19. The fourth-order valence-electron chi connectivity index (χ4n) is 2.85. The van der Waals surface area contributed by atoms with Gasteiger partial charge >= 0.3 is 6.18 Å². The first-order valence-electron chi connectivity index (χ1n) is 9.45. The van der Waals surface area contributed by atoms with E-state index in [1.165, 1.54) is 16.9 Å². The fourth-order valence-corrected chi connectivity index (χ4v) is 3.86. The van der Waals surface area contributed by atoms with E-state index in [1.807, 2.05) is 0 Å². The van der Waals surface area contributed by atoms with Crippen LogP contribution in [0.1, 0.15) is 23.2 Å². The Hall–Kier alpha value is -2.63. The molecule has 0 aliphatic carbocycles. The van der Waals surface area contributed by atoms with Gasteiger partial charge in [-0.2, -0.15) is 13.2 Å². The fraction of sp³-hybridized carbons (Fsp3) is 0.350. The summed E-state index contributed by atoms with van der Waals surface area (Å²) in [6, 6.07) is 11.3. The van der Waals surface area contributed by atoms with Crippen molar-refractivity contribution in [2.24, 2.45) is 0 Å². The summed E-state index contributed by atoms with van der Waals surface area (Å²) in [5.41, 5.74) is 0.645. The van der Waals surface area contributed by atoms with Gasteiger partial charge in [0.2, 0.25) is 10.0 Å². The lowest BCUT2D eigenvalue weighted by atomic mass is 10.2. The van der Waals surface area contributed by atoms with Crippen LogP contribution in [0.5, 0.6) is 5.75 Å². The largest absolute Gasteiger partial charge is 0.491 e. The minimum atomic E-state index is -4.66. The zero-order chi connectivity index (χ0) is 22.5. The van der Waals surface area contributed by atoms with Gasteiger partial charge in [-0.1, -0.05) is 0 Å². The van der Waals surface area contributed by atoms with Gasteiger partial charge in [0.05, 0.1) is 11.0 Å². The highest BCUT2D eigenvalue weighted by atomic mass is 32.2. The maximum atomic E-state index is 12.4. The minimum absolute atomic E-state index is 0.0819. The molecule has 3 rings (SSSR count). The van der Waals surface area contributed by atoms with Crippen LogP contribution in [-0.2, 0) is 14.8 Å². The van der Waals surface area contributed by atoms with Gasteiger partial charge in [0, 0.05) is 17.9 Å². The van der Waals surface area contributed by atoms with Gasteiger partial charge in [-0.25, -0.2) is 13.1 Å². The number of anilines is 1. The summed E-state index contributed by atoms with van der Waals surface area (Å²) in [4.78, 5) is 12.0. The second-order valence-electron chi connectivity index (χ2n) is 6.89. The van der Waals surface area contributed by atoms with Crippen molar-refractivity contribution >= 4 is 21.6 Å². The summed E-state index contributed by atoms with van der Waals surface area (Å²) in [6.45, 7) is -0.482. The number of amides is 1. The molecular formula is C20H21F3N2O5S. The molecule has 1 aliphatic heterocycles. The molecule has 2 aromatic carbocycles. The van der Waals surface area contributed by atoms with Gasteiger partial charge in [0.15, 0.2) is 0 Å². The van der Waals surface area contributed by atoms with Crippen LogP contribution in [0.4, 0.5) is 18.9 Å². The molecule has 1 aliphatic rings. The number of rotatable bonds is 8. The van der Waals surface area contributed by atoms with E-state index in [-0.39, 0.29) is 11.0 Å². The highest BCUT2D eigenvalue weighted by Gasteiger charge is 2.30. The van der Waals surface area contributed by atoms with Crippen LogP contribution >= 0.6 is 0 Å². The number of alkyl halides is 3. The maximum Gasteiger partial charge on any atom is 0.402 e. The molecule has 168 valence electrons. The number of sulfonamides is 1. The van der Waals surface area contributed by atoms with Crippen LogP contribution in [-0.4, -0.2) is 46.4 Å². The Morgan fingerprint density at radius 1 is 1.10 bits per heavy atom. The highest BCUT2D eigenvalue weighted by molar-refractivity contribution is 7.89. The topological polar surface area (TPSA) is 93.7 Å². The second kappa shape index (κ2) is 9.67. The summed E-state index contributed by atoms with van der Waals surface area (Å²) in [5.74, 6) is 0.171. The SMILES string of the molecule is O=C(Nc1ccc(S(=O)(=O)NCC(F)(F)F)cc1)c1ccc(OCC2CCCO2)cc1. The first-order chi connectivity index (χ1) is 14.6. The van der Waals surface area contributed by atoms with E-state index in [0.717, 1.165) is 31.6 Å². The number of hydrogen-bond acceptors (Lipinski definition) is 5. The summed E-state index contributed by atoms with van der Waals surface area (Å²) in [6.07, 6.45) is -2.60. The summed E-state index contributed by atoms with van der Waals surface area (Å²) in [7, 11) is -4.31. The lowest BCUT2D eigenvalue weighted by Crippen LogP contribution is -2.33. The Bertz CT molecular complexity index is 987. The molecule has 31 heavy (non-hydrogen) atoms. The van der Waals surface area contributed by atoms with Crippen molar-refractivity contribution in [3.63, 3.8) is 0 Å². The Kier molecular flexibility index (Phi) is 7.19. The average molecular weight is 458 g/mol. The van der Waals surface area contributed by atoms with Crippen LogP contribution in [0.25, 0.3) is 0 Å². The molecule has 2 aromatic rings. The van der Waals surface area contributed by atoms with Gasteiger partial charge in [-0.15, -0.1) is 0 Å². The molecule has 1 fully saturated rings. The van der Waals surface area contributed by atoms with E-state index in [1.54, 1.807) is 24.3 Å². The predicted molar refractivity (Wildman–Crippen MR) is 107 cm³/mol. The number of carbonyl (C=O) groups excluding carboxylic acids is 1. The van der Waals surface area contributed by atoms with E-state index in [9.17, 15) is 26.4 Å². The molecule has 1 heterocycles. The van der Waals surface area contributed by atoms with Crippen LogP contribution in [0, 0.1) is 0 Å². The number of carbonyl (C=O) groups is 1. The molecule has 0 spiro atoms. The molecular weight excluding hydrogens is 437 g/mol. The third-order valence-corrected chi connectivity index (χ3v) is 5.88. The number of halogens is 3. The molecule has 7 nitrogen and oxygen atoms in total. The van der Waals surface area contributed by atoms with E-state index in [2.05, 4.69) is 5.32 Å². The second-order valence-corrected chi connectivity index (χ2v) is 8.66. The van der Waals surface area contributed by atoms with Crippen molar-refractivity contribution in [1.82, 2.24) is 4.72 Å². The van der Waals surface area contributed by atoms with E-state index < -0.39 is 28.7 Å². The predicted octanol–water partition coefficient (Wildman–Crippen LogP) is 3.34. The third kappa shape index (κ3) is 6.94. The van der Waals surface area contributed by atoms with Gasteiger partial charge in [-0.05, 0) is 61.4 Å². The summed E-state index contributed by atoms with van der Waals surface area (Å²) >= 11 is 0. The molecule has 0 radical (unpaired) electrons. The van der Waals surface area contributed by atoms with E-state index in [4.69, 9.17) is 9.47 Å². The van der Waals surface area contributed by atoms with Crippen LogP contribution in [0.2, 0.25) is 0 Å². The normalized spacial score (nSPS) is 16.8. The quantitative estimate of drug-likeness (QED) is 0.633. The van der Waals surface area contributed by atoms with Gasteiger partial charge in [0.25, 0.3) is 5.91 Å². The molecule has 1 atom stereocenters.